The molecule has 0 radical (unpaired) electrons. The first kappa shape index (κ1) is 25.2. The molecule has 0 spiro atoms. The molecule has 10 heteroatoms. The highest BCUT2D eigenvalue weighted by Gasteiger charge is 2.30. The molecule has 2 heterocycles. The zero-order chi connectivity index (χ0) is 25.9. The van der Waals surface area contributed by atoms with E-state index in [2.05, 4.69) is 15.2 Å². The number of nitrogens with zero attached hydrogens (tertiary/aromatic N) is 3. The van der Waals surface area contributed by atoms with Gasteiger partial charge in [-0.15, -0.1) is 0 Å². The normalized spacial score (nSPS) is 14.5. The minimum Gasteiger partial charge on any atom is -0.369 e. The van der Waals surface area contributed by atoms with E-state index in [0.29, 0.717) is 48.6 Å². The summed E-state index contributed by atoms with van der Waals surface area (Å²) in [4.78, 5) is 32.8. The van der Waals surface area contributed by atoms with Gasteiger partial charge < -0.3 is 16.0 Å². The Hall–Kier alpha value is -3.92. The van der Waals surface area contributed by atoms with E-state index >= 15 is 0 Å². The Morgan fingerprint density at radius 2 is 1.69 bits per heavy atom. The van der Waals surface area contributed by atoms with Crippen LogP contribution >= 0.6 is 0 Å². The van der Waals surface area contributed by atoms with E-state index < -0.39 is 11.7 Å². The quantitative estimate of drug-likeness (QED) is 0.539. The van der Waals surface area contributed by atoms with E-state index in [4.69, 9.17) is 5.73 Å². The number of aromatic nitrogens is 1. The van der Waals surface area contributed by atoms with Crippen LogP contribution in [0.3, 0.4) is 0 Å². The minimum absolute atomic E-state index is 0.236. The second kappa shape index (κ2) is 10.4. The molecular weight excluding hydrogens is 471 g/mol. The Labute approximate surface area is 206 Å². The van der Waals surface area contributed by atoms with E-state index in [0.717, 1.165) is 23.5 Å². The summed E-state index contributed by atoms with van der Waals surface area (Å²) < 4.78 is 38.9. The third kappa shape index (κ3) is 5.83. The van der Waals surface area contributed by atoms with Gasteiger partial charge in [-0.05, 0) is 53.9 Å². The molecule has 36 heavy (non-hydrogen) atoms. The smallest absolute Gasteiger partial charge is 0.369 e. The first-order valence-corrected chi connectivity index (χ1v) is 11.4. The molecule has 3 N–H and O–H groups in total. The Morgan fingerprint density at radius 3 is 2.28 bits per heavy atom. The number of nitrogens with two attached hydrogens (primary N) is 1. The number of aryl methyl sites for hydroxylation is 1. The molecule has 0 aliphatic carbocycles. The van der Waals surface area contributed by atoms with Crippen LogP contribution in [0.4, 0.5) is 24.7 Å². The summed E-state index contributed by atoms with van der Waals surface area (Å²) in [6.07, 6.45) is -2.86. The number of halogens is 3. The number of piperazine rings is 1. The van der Waals surface area contributed by atoms with E-state index in [-0.39, 0.29) is 18.4 Å². The maximum absolute atomic E-state index is 13.1. The highest BCUT2D eigenvalue weighted by Crippen LogP contribution is 2.33. The molecule has 2 amide bonds. The van der Waals surface area contributed by atoms with Gasteiger partial charge in [0.15, 0.2) is 0 Å². The summed E-state index contributed by atoms with van der Waals surface area (Å²) in [5, 5.41) is 2.83. The number of pyridine rings is 1. The van der Waals surface area contributed by atoms with Crippen molar-refractivity contribution in [1.29, 1.82) is 0 Å². The maximum atomic E-state index is 13.1. The molecule has 2 aromatic carbocycles. The van der Waals surface area contributed by atoms with Gasteiger partial charge in [0.25, 0.3) is 5.91 Å². The molecule has 1 aliphatic heterocycles. The number of carbonyl (C=O) groups is 2. The SMILES string of the molecule is Cc1cccc(C(=O)Nc2ccc(N3CCN(CC(N)=O)CC3)nc2)c1-c1ccc(C(F)(F)F)cc1. The van der Waals surface area contributed by atoms with E-state index in [1.165, 1.54) is 12.1 Å². The Morgan fingerprint density at radius 1 is 1.00 bits per heavy atom. The van der Waals surface area contributed by atoms with Gasteiger partial charge in [-0.1, -0.05) is 24.3 Å². The van der Waals surface area contributed by atoms with Crippen molar-refractivity contribution >= 4 is 23.3 Å². The van der Waals surface area contributed by atoms with Crippen LogP contribution in [0.15, 0.2) is 60.8 Å². The van der Waals surface area contributed by atoms with Crippen LogP contribution in [0.1, 0.15) is 21.5 Å². The molecule has 1 aliphatic rings. The zero-order valence-electron chi connectivity index (χ0n) is 19.7. The average molecular weight is 498 g/mol. The topological polar surface area (TPSA) is 91.6 Å². The summed E-state index contributed by atoms with van der Waals surface area (Å²) in [6.45, 7) is 4.84. The second-order valence-electron chi connectivity index (χ2n) is 8.66. The van der Waals surface area contributed by atoms with Crippen LogP contribution < -0.4 is 16.0 Å². The van der Waals surface area contributed by atoms with Crippen molar-refractivity contribution in [1.82, 2.24) is 9.88 Å². The number of carbonyl (C=O) groups excluding carboxylic acids is 2. The molecule has 7 nitrogen and oxygen atoms in total. The fourth-order valence-corrected chi connectivity index (χ4v) is 4.27. The third-order valence-corrected chi connectivity index (χ3v) is 6.10. The fourth-order valence-electron chi connectivity index (χ4n) is 4.27. The van der Waals surface area contributed by atoms with Gasteiger partial charge in [-0.3, -0.25) is 14.5 Å². The number of anilines is 2. The average Bonchev–Trinajstić information content (AvgIpc) is 2.84. The van der Waals surface area contributed by atoms with E-state index in [9.17, 15) is 22.8 Å². The van der Waals surface area contributed by atoms with E-state index in [1.807, 2.05) is 24.0 Å². The van der Waals surface area contributed by atoms with Gasteiger partial charge in [0.1, 0.15) is 5.82 Å². The second-order valence-corrected chi connectivity index (χ2v) is 8.66. The first-order valence-electron chi connectivity index (χ1n) is 11.4. The van der Waals surface area contributed by atoms with Crippen LogP contribution in [0.5, 0.6) is 0 Å². The predicted molar refractivity (Wildman–Crippen MR) is 132 cm³/mol. The molecule has 0 bridgehead atoms. The highest BCUT2D eigenvalue weighted by atomic mass is 19.4. The minimum atomic E-state index is -4.43. The van der Waals surface area contributed by atoms with Crippen LogP contribution in [0, 0.1) is 6.92 Å². The number of nitrogens with one attached hydrogen (secondary N) is 1. The molecule has 3 aromatic rings. The largest absolute Gasteiger partial charge is 0.416 e. The van der Waals surface area contributed by atoms with Crippen LogP contribution in [-0.4, -0.2) is 54.4 Å². The summed E-state index contributed by atoms with van der Waals surface area (Å²) in [5.41, 5.74) is 7.23. The monoisotopic (exact) mass is 497 g/mol. The Kier molecular flexibility index (Phi) is 7.25. The van der Waals surface area contributed by atoms with Gasteiger partial charge >= 0.3 is 6.18 Å². The van der Waals surface area contributed by atoms with Gasteiger partial charge in [-0.25, -0.2) is 4.98 Å². The highest BCUT2D eigenvalue weighted by molar-refractivity contribution is 6.09. The van der Waals surface area contributed by atoms with Gasteiger partial charge in [0.05, 0.1) is 24.0 Å². The molecule has 1 aromatic heterocycles. The Balaban J connectivity index is 1.47. The summed E-state index contributed by atoms with van der Waals surface area (Å²) in [7, 11) is 0. The standard InChI is InChI=1S/C26H26F3N5O2/c1-17-3-2-4-21(24(17)18-5-7-19(8-6-18)26(27,28)29)25(36)32-20-9-10-23(31-15-20)34-13-11-33(12-14-34)16-22(30)35/h2-10,15H,11-14,16H2,1H3,(H2,30,35)(H,32,36). The van der Waals surface area contributed by atoms with Crippen molar-refractivity contribution in [3.63, 3.8) is 0 Å². The van der Waals surface area contributed by atoms with Crippen molar-refractivity contribution in [2.45, 2.75) is 13.1 Å². The van der Waals surface area contributed by atoms with Crippen molar-refractivity contribution in [3.8, 4) is 11.1 Å². The summed E-state index contributed by atoms with van der Waals surface area (Å²) in [6, 6.07) is 13.5. The molecule has 1 fully saturated rings. The van der Waals surface area contributed by atoms with Crippen molar-refractivity contribution in [2.75, 3.05) is 42.9 Å². The first-order chi connectivity index (χ1) is 17.1. The maximum Gasteiger partial charge on any atom is 0.416 e. The Bertz CT molecular complexity index is 1240. The number of alkyl halides is 3. The molecule has 0 unspecified atom stereocenters. The molecule has 188 valence electrons. The summed E-state index contributed by atoms with van der Waals surface area (Å²) >= 11 is 0. The van der Waals surface area contributed by atoms with Crippen LogP contribution in [-0.2, 0) is 11.0 Å². The third-order valence-electron chi connectivity index (χ3n) is 6.10. The lowest BCUT2D eigenvalue weighted by atomic mass is 9.94. The lowest BCUT2D eigenvalue weighted by Crippen LogP contribution is -2.49. The van der Waals surface area contributed by atoms with Crippen LogP contribution in [0.25, 0.3) is 11.1 Å². The van der Waals surface area contributed by atoms with E-state index in [1.54, 1.807) is 24.4 Å². The van der Waals surface area contributed by atoms with Gasteiger partial charge in [0, 0.05) is 31.7 Å². The number of amides is 2. The zero-order valence-corrected chi connectivity index (χ0v) is 19.7. The van der Waals surface area contributed by atoms with Crippen molar-refractivity contribution < 1.29 is 22.8 Å². The summed E-state index contributed by atoms with van der Waals surface area (Å²) in [5.74, 6) is 0.0210. The number of rotatable bonds is 6. The number of hydrogen-bond acceptors (Lipinski definition) is 5. The fraction of sp³-hybridized carbons (Fsp3) is 0.269. The molecular formula is C26H26F3N5O2. The number of benzene rings is 2. The molecule has 0 saturated carbocycles. The van der Waals surface area contributed by atoms with Crippen LogP contribution in [0.2, 0.25) is 0 Å². The number of primary amides is 1. The molecule has 1 saturated heterocycles. The van der Waals surface area contributed by atoms with Crippen molar-refractivity contribution in [2.24, 2.45) is 5.73 Å². The van der Waals surface area contributed by atoms with Crippen molar-refractivity contribution in [3.05, 3.63) is 77.5 Å². The molecule has 4 rings (SSSR count). The lowest BCUT2D eigenvalue weighted by Gasteiger charge is -2.34. The lowest BCUT2D eigenvalue weighted by molar-refractivity contribution is -0.137. The van der Waals surface area contributed by atoms with Gasteiger partial charge in [0.2, 0.25) is 5.91 Å². The number of hydrogen-bond donors (Lipinski definition) is 2. The predicted octanol–water partition coefficient (Wildman–Crippen LogP) is 3.94. The van der Waals surface area contributed by atoms with Gasteiger partial charge in [-0.2, -0.15) is 13.2 Å². The molecule has 0 atom stereocenters.